The summed E-state index contributed by atoms with van der Waals surface area (Å²) < 4.78 is 5.78. The van der Waals surface area contributed by atoms with Crippen molar-refractivity contribution < 1.29 is 4.74 Å². The summed E-state index contributed by atoms with van der Waals surface area (Å²) in [7, 11) is 0. The highest BCUT2D eigenvalue weighted by atomic mass is 16.5. The van der Waals surface area contributed by atoms with Gasteiger partial charge in [0.1, 0.15) is 12.4 Å². The van der Waals surface area contributed by atoms with Crippen LogP contribution in [0.2, 0.25) is 0 Å². The zero-order valence-electron chi connectivity index (χ0n) is 11.3. The van der Waals surface area contributed by atoms with Crippen LogP contribution < -0.4 is 10.1 Å². The molecule has 17 heavy (non-hydrogen) atoms. The van der Waals surface area contributed by atoms with Gasteiger partial charge < -0.3 is 10.1 Å². The smallest absolute Gasteiger partial charge is 0.124 e. The lowest BCUT2D eigenvalue weighted by molar-refractivity contribution is 0.344. The summed E-state index contributed by atoms with van der Waals surface area (Å²) in [6, 6.07) is 6.61. The Kier molecular flexibility index (Phi) is 5.23. The fourth-order valence-electron chi connectivity index (χ4n) is 1.75. The number of rotatable bonds is 6. The van der Waals surface area contributed by atoms with Gasteiger partial charge in [-0.15, -0.1) is 0 Å². The average molecular weight is 233 g/mol. The summed E-state index contributed by atoms with van der Waals surface area (Å²) in [4.78, 5) is 0. The van der Waals surface area contributed by atoms with Crippen LogP contribution in [0.1, 0.15) is 37.9 Å². The molecule has 0 aliphatic heterocycles. The molecule has 0 saturated heterocycles. The molecule has 94 valence electrons. The first kappa shape index (κ1) is 13.8. The Morgan fingerprint density at radius 1 is 1.47 bits per heavy atom. The van der Waals surface area contributed by atoms with Gasteiger partial charge in [0.05, 0.1) is 0 Å². The topological polar surface area (TPSA) is 21.3 Å². The molecule has 0 aliphatic rings. The summed E-state index contributed by atoms with van der Waals surface area (Å²) in [6.45, 7) is 13.7. The van der Waals surface area contributed by atoms with Crippen molar-refractivity contribution in [3.05, 3.63) is 41.5 Å². The fourth-order valence-corrected chi connectivity index (χ4v) is 1.75. The monoisotopic (exact) mass is 233 g/mol. The Hall–Kier alpha value is -1.28. The molecule has 2 heteroatoms. The molecule has 0 heterocycles. The van der Waals surface area contributed by atoms with Crippen molar-refractivity contribution in [1.82, 2.24) is 5.32 Å². The summed E-state index contributed by atoms with van der Waals surface area (Å²) >= 11 is 0. The van der Waals surface area contributed by atoms with Crippen LogP contribution in [0.15, 0.2) is 30.4 Å². The van der Waals surface area contributed by atoms with E-state index >= 15 is 0 Å². The minimum atomic E-state index is 0.306. The van der Waals surface area contributed by atoms with Crippen molar-refractivity contribution in [2.45, 2.75) is 33.7 Å². The lowest BCUT2D eigenvalue weighted by atomic mass is 10.0. The standard InChI is InChI=1S/C15H23NO/c1-6-16-13(5)14-9-12(4)7-8-15(14)17-10-11(2)3/h7-9,13,16H,2,6,10H2,1,3-5H3. The summed E-state index contributed by atoms with van der Waals surface area (Å²) in [5.74, 6) is 0.951. The molecule has 1 aromatic carbocycles. The molecule has 0 spiro atoms. The van der Waals surface area contributed by atoms with Gasteiger partial charge in [-0.2, -0.15) is 0 Å². The van der Waals surface area contributed by atoms with Crippen LogP contribution in [0.3, 0.4) is 0 Å². The Bertz CT molecular complexity index is 385. The molecule has 0 saturated carbocycles. The van der Waals surface area contributed by atoms with E-state index in [1.54, 1.807) is 0 Å². The Balaban J connectivity index is 2.90. The minimum absolute atomic E-state index is 0.306. The van der Waals surface area contributed by atoms with E-state index in [4.69, 9.17) is 4.74 Å². The zero-order valence-corrected chi connectivity index (χ0v) is 11.3. The van der Waals surface area contributed by atoms with E-state index in [-0.39, 0.29) is 0 Å². The largest absolute Gasteiger partial charge is 0.489 e. The van der Waals surface area contributed by atoms with E-state index in [1.165, 1.54) is 11.1 Å². The lowest BCUT2D eigenvalue weighted by Crippen LogP contribution is -2.18. The normalized spacial score (nSPS) is 12.2. The Labute approximate surface area is 105 Å². The van der Waals surface area contributed by atoms with Crippen LogP contribution in [0.5, 0.6) is 5.75 Å². The molecule has 0 amide bonds. The number of aryl methyl sites for hydroxylation is 1. The minimum Gasteiger partial charge on any atom is -0.489 e. The maximum Gasteiger partial charge on any atom is 0.124 e. The van der Waals surface area contributed by atoms with Crippen LogP contribution in [0.4, 0.5) is 0 Å². The highest BCUT2D eigenvalue weighted by Gasteiger charge is 2.11. The predicted octanol–water partition coefficient (Wildman–Crippen LogP) is 3.62. The lowest BCUT2D eigenvalue weighted by Gasteiger charge is -2.18. The third-order valence-electron chi connectivity index (χ3n) is 2.62. The molecule has 1 N–H and O–H groups in total. The summed E-state index contributed by atoms with van der Waals surface area (Å²) in [6.07, 6.45) is 0. The van der Waals surface area contributed by atoms with Crippen molar-refractivity contribution in [2.24, 2.45) is 0 Å². The second-order valence-corrected chi connectivity index (χ2v) is 4.57. The molecule has 0 bridgehead atoms. The van der Waals surface area contributed by atoms with Crippen LogP contribution in [-0.2, 0) is 0 Å². The van der Waals surface area contributed by atoms with E-state index in [1.807, 2.05) is 13.0 Å². The van der Waals surface area contributed by atoms with Crippen LogP contribution in [0.25, 0.3) is 0 Å². The van der Waals surface area contributed by atoms with Gasteiger partial charge in [0.2, 0.25) is 0 Å². The van der Waals surface area contributed by atoms with E-state index in [0.717, 1.165) is 17.9 Å². The van der Waals surface area contributed by atoms with Crippen molar-refractivity contribution in [3.8, 4) is 5.75 Å². The van der Waals surface area contributed by atoms with Gasteiger partial charge in [-0.25, -0.2) is 0 Å². The Morgan fingerprint density at radius 2 is 2.18 bits per heavy atom. The first-order chi connectivity index (χ1) is 8.04. The Morgan fingerprint density at radius 3 is 2.76 bits per heavy atom. The molecule has 1 rings (SSSR count). The second-order valence-electron chi connectivity index (χ2n) is 4.57. The molecule has 0 aromatic heterocycles. The van der Waals surface area contributed by atoms with E-state index in [0.29, 0.717) is 12.6 Å². The van der Waals surface area contributed by atoms with Crippen LogP contribution in [0, 0.1) is 6.92 Å². The maximum absolute atomic E-state index is 5.78. The van der Waals surface area contributed by atoms with Gasteiger partial charge in [-0.1, -0.05) is 31.2 Å². The van der Waals surface area contributed by atoms with Gasteiger partial charge in [0.25, 0.3) is 0 Å². The first-order valence-corrected chi connectivity index (χ1v) is 6.15. The SMILES string of the molecule is C=C(C)COc1ccc(C)cc1C(C)NCC. The molecular formula is C15H23NO. The van der Waals surface area contributed by atoms with E-state index < -0.39 is 0 Å². The number of hydrogen-bond acceptors (Lipinski definition) is 2. The summed E-state index contributed by atoms with van der Waals surface area (Å²) in [5, 5.41) is 3.41. The highest BCUT2D eigenvalue weighted by molar-refractivity contribution is 5.39. The molecule has 1 atom stereocenters. The molecule has 0 radical (unpaired) electrons. The first-order valence-electron chi connectivity index (χ1n) is 6.15. The van der Waals surface area contributed by atoms with Gasteiger partial charge in [-0.05, 0) is 39.0 Å². The summed E-state index contributed by atoms with van der Waals surface area (Å²) in [5.41, 5.74) is 3.51. The van der Waals surface area contributed by atoms with Crippen molar-refractivity contribution in [2.75, 3.05) is 13.2 Å². The maximum atomic E-state index is 5.78. The van der Waals surface area contributed by atoms with Gasteiger partial charge in [0.15, 0.2) is 0 Å². The number of nitrogens with one attached hydrogen (secondary N) is 1. The number of benzene rings is 1. The number of hydrogen-bond donors (Lipinski definition) is 1. The highest BCUT2D eigenvalue weighted by Crippen LogP contribution is 2.26. The van der Waals surface area contributed by atoms with Gasteiger partial charge >= 0.3 is 0 Å². The quantitative estimate of drug-likeness (QED) is 0.758. The van der Waals surface area contributed by atoms with Gasteiger partial charge in [-0.3, -0.25) is 0 Å². The second kappa shape index (κ2) is 6.45. The van der Waals surface area contributed by atoms with E-state index in [9.17, 15) is 0 Å². The molecular weight excluding hydrogens is 210 g/mol. The van der Waals surface area contributed by atoms with E-state index in [2.05, 4.69) is 44.8 Å². The van der Waals surface area contributed by atoms with Crippen molar-refractivity contribution in [1.29, 1.82) is 0 Å². The molecule has 2 nitrogen and oxygen atoms in total. The van der Waals surface area contributed by atoms with Crippen molar-refractivity contribution >= 4 is 0 Å². The molecule has 1 unspecified atom stereocenters. The molecule has 0 aliphatic carbocycles. The van der Waals surface area contributed by atoms with Crippen molar-refractivity contribution in [3.63, 3.8) is 0 Å². The zero-order chi connectivity index (χ0) is 12.8. The number of ether oxygens (including phenoxy) is 1. The van der Waals surface area contributed by atoms with Gasteiger partial charge in [0, 0.05) is 11.6 Å². The van der Waals surface area contributed by atoms with Crippen LogP contribution >= 0.6 is 0 Å². The third kappa shape index (κ3) is 4.23. The molecule has 0 fully saturated rings. The third-order valence-corrected chi connectivity index (χ3v) is 2.62. The average Bonchev–Trinajstić information content (AvgIpc) is 2.27. The fraction of sp³-hybridized carbons (Fsp3) is 0.467. The van der Waals surface area contributed by atoms with Crippen LogP contribution in [-0.4, -0.2) is 13.2 Å². The predicted molar refractivity (Wildman–Crippen MR) is 73.6 cm³/mol. The molecule has 1 aromatic rings.